The average molecular weight is 417 g/mol. The van der Waals surface area contributed by atoms with Gasteiger partial charge in [0.25, 0.3) is 0 Å². The number of carbonyl (C=O) groups excluding carboxylic acids is 1. The Bertz CT molecular complexity index is 1200. The minimum atomic E-state index is -0.394. The van der Waals surface area contributed by atoms with Crippen molar-refractivity contribution in [3.63, 3.8) is 0 Å². The minimum absolute atomic E-state index is 0.00433. The lowest BCUT2D eigenvalue weighted by molar-refractivity contribution is -0.144. The van der Waals surface area contributed by atoms with Crippen molar-refractivity contribution in [2.45, 2.75) is 13.5 Å². The third-order valence-corrected chi connectivity index (χ3v) is 4.92. The highest BCUT2D eigenvalue weighted by atomic mass is 16.6. The molecule has 4 rings (SSSR count). The summed E-state index contributed by atoms with van der Waals surface area (Å²) in [5.74, 6) is 1.06. The van der Waals surface area contributed by atoms with E-state index in [1.807, 2.05) is 72.2 Å². The lowest BCUT2D eigenvalue weighted by Crippen LogP contribution is -2.20. The van der Waals surface area contributed by atoms with Crippen LogP contribution in [0, 0.1) is 0 Å². The standard InChI is InChI=1S/C25H23NO5/c1-2-29-18-11-13-19(14-12-18)30-15-16-31-24(27)17-26-22-9-5-3-7-20(22)25(28)21-8-4-6-10-23(21)26/h3-14H,2,15-17H2,1H3. The zero-order valence-electron chi connectivity index (χ0n) is 17.2. The Morgan fingerprint density at radius 1 is 0.774 bits per heavy atom. The van der Waals surface area contributed by atoms with Crippen LogP contribution < -0.4 is 14.9 Å². The second-order valence-corrected chi connectivity index (χ2v) is 6.92. The van der Waals surface area contributed by atoms with Crippen LogP contribution in [0.2, 0.25) is 0 Å². The van der Waals surface area contributed by atoms with E-state index in [-0.39, 0.29) is 25.2 Å². The highest BCUT2D eigenvalue weighted by Crippen LogP contribution is 2.19. The summed E-state index contributed by atoms with van der Waals surface area (Å²) in [6, 6.07) is 21.8. The van der Waals surface area contributed by atoms with E-state index in [0.29, 0.717) is 34.2 Å². The number of ether oxygens (including phenoxy) is 3. The zero-order chi connectivity index (χ0) is 21.6. The maximum absolute atomic E-state index is 12.8. The molecule has 0 aliphatic carbocycles. The molecule has 3 aromatic carbocycles. The third kappa shape index (κ3) is 4.53. The maximum atomic E-state index is 12.8. The molecule has 0 spiro atoms. The normalized spacial score (nSPS) is 10.9. The number of fused-ring (bicyclic) bond motifs is 2. The Labute approximate surface area is 179 Å². The van der Waals surface area contributed by atoms with Crippen LogP contribution in [0.15, 0.2) is 77.6 Å². The van der Waals surface area contributed by atoms with Crippen molar-refractivity contribution in [2.75, 3.05) is 19.8 Å². The summed E-state index contributed by atoms with van der Waals surface area (Å²) in [5.41, 5.74) is 1.36. The van der Waals surface area contributed by atoms with Gasteiger partial charge in [0.05, 0.1) is 17.6 Å². The number of para-hydroxylation sites is 2. The van der Waals surface area contributed by atoms with Gasteiger partial charge in [0.15, 0.2) is 5.43 Å². The molecule has 0 aliphatic rings. The topological polar surface area (TPSA) is 66.8 Å². The van der Waals surface area contributed by atoms with E-state index < -0.39 is 5.97 Å². The summed E-state index contributed by atoms with van der Waals surface area (Å²) in [6.45, 7) is 2.91. The SMILES string of the molecule is CCOc1ccc(OCCOC(=O)Cn2c3ccccc3c(=O)c3ccccc32)cc1. The van der Waals surface area contributed by atoms with Crippen LogP contribution in [0.3, 0.4) is 0 Å². The molecule has 0 unspecified atom stereocenters. The van der Waals surface area contributed by atoms with Crippen molar-refractivity contribution in [2.24, 2.45) is 0 Å². The van der Waals surface area contributed by atoms with Gasteiger partial charge in [-0.1, -0.05) is 24.3 Å². The molecule has 6 heteroatoms. The second kappa shape index (κ2) is 9.34. The fourth-order valence-electron chi connectivity index (χ4n) is 3.54. The first-order valence-corrected chi connectivity index (χ1v) is 10.2. The lowest BCUT2D eigenvalue weighted by atomic mass is 10.1. The Kier molecular flexibility index (Phi) is 6.17. The molecular weight excluding hydrogens is 394 g/mol. The molecule has 0 amide bonds. The van der Waals surface area contributed by atoms with Crippen LogP contribution in [0.1, 0.15) is 6.92 Å². The zero-order valence-corrected chi connectivity index (χ0v) is 17.2. The molecule has 0 saturated carbocycles. The van der Waals surface area contributed by atoms with Crippen LogP contribution in [0.4, 0.5) is 0 Å². The monoisotopic (exact) mass is 417 g/mol. The Balaban J connectivity index is 1.42. The van der Waals surface area contributed by atoms with E-state index in [0.717, 1.165) is 5.75 Å². The van der Waals surface area contributed by atoms with Gasteiger partial charge in [-0.2, -0.15) is 0 Å². The molecule has 6 nitrogen and oxygen atoms in total. The Morgan fingerprint density at radius 2 is 1.32 bits per heavy atom. The van der Waals surface area contributed by atoms with E-state index >= 15 is 0 Å². The molecule has 158 valence electrons. The Hall–Kier alpha value is -3.80. The molecule has 0 atom stereocenters. The molecule has 31 heavy (non-hydrogen) atoms. The number of rotatable bonds is 8. The highest BCUT2D eigenvalue weighted by Gasteiger charge is 2.13. The number of aromatic nitrogens is 1. The molecule has 1 aromatic heterocycles. The van der Waals surface area contributed by atoms with Crippen molar-refractivity contribution in [1.29, 1.82) is 0 Å². The summed E-state index contributed by atoms with van der Waals surface area (Å²) in [5, 5.41) is 1.15. The fourth-order valence-corrected chi connectivity index (χ4v) is 3.54. The van der Waals surface area contributed by atoms with Crippen molar-refractivity contribution in [3.05, 3.63) is 83.0 Å². The van der Waals surface area contributed by atoms with Crippen LogP contribution >= 0.6 is 0 Å². The molecule has 0 aliphatic heterocycles. The van der Waals surface area contributed by atoms with E-state index in [1.165, 1.54) is 0 Å². The van der Waals surface area contributed by atoms with Crippen molar-refractivity contribution in [3.8, 4) is 11.5 Å². The molecular formula is C25H23NO5. The van der Waals surface area contributed by atoms with Crippen molar-refractivity contribution in [1.82, 2.24) is 4.57 Å². The van der Waals surface area contributed by atoms with Gasteiger partial charge in [-0.15, -0.1) is 0 Å². The van der Waals surface area contributed by atoms with Gasteiger partial charge in [0.2, 0.25) is 0 Å². The largest absolute Gasteiger partial charge is 0.494 e. The van der Waals surface area contributed by atoms with Crippen LogP contribution in [-0.2, 0) is 16.1 Å². The van der Waals surface area contributed by atoms with Crippen LogP contribution in [0.5, 0.6) is 11.5 Å². The first-order chi connectivity index (χ1) is 15.2. The maximum Gasteiger partial charge on any atom is 0.326 e. The lowest BCUT2D eigenvalue weighted by Gasteiger charge is -2.15. The number of hydrogen-bond acceptors (Lipinski definition) is 5. The smallest absolute Gasteiger partial charge is 0.326 e. The van der Waals surface area contributed by atoms with Gasteiger partial charge in [-0.05, 0) is 55.5 Å². The van der Waals surface area contributed by atoms with Crippen molar-refractivity contribution < 1.29 is 19.0 Å². The van der Waals surface area contributed by atoms with Gasteiger partial charge in [-0.3, -0.25) is 9.59 Å². The van der Waals surface area contributed by atoms with Gasteiger partial charge in [0.1, 0.15) is 31.3 Å². The quantitative estimate of drug-likeness (QED) is 0.244. The molecule has 0 saturated heterocycles. The number of hydrogen-bond donors (Lipinski definition) is 0. The van der Waals surface area contributed by atoms with Gasteiger partial charge in [-0.25, -0.2) is 0 Å². The number of nitrogens with zero attached hydrogens (tertiary/aromatic N) is 1. The summed E-state index contributed by atoms with van der Waals surface area (Å²) < 4.78 is 18.2. The fraction of sp³-hybridized carbons (Fsp3) is 0.200. The minimum Gasteiger partial charge on any atom is -0.494 e. The Morgan fingerprint density at radius 3 is 1.90 bits per heavy atom. The predicted octanol–water partition coefficient (Wildman–Crippen LogP) is 4.18. The molecule has 0 fully saturated rings. The number of carbonyl (C=O) groups is 1. The number of benzene rings is 3. The summed E-state index contributed by atoms with van der Waals surface area (Å²) in [7, 11) is 0. The molecule has 0 bridgehead atoms. The van der Waals surface area contributed by atoms with E-state index in [1.54, 1.807) is 12.1 Å². The molecule has 4 aromatic rings. The molecule has 0 N–H and O–H groups in total. The number of pyridine rings is 1. The number of esters is 1. The van der Waals surface area contributed by atoms with E-state index in [4.69, 9.17) is 14.2 Å². The summed E-state index contributed by atoms with van der Waals surface area (Å²) in [4.78, 5) is 25.3. The predicted molar refractivity (Wildman–Crippen MR) is 120 cm³/mol. The molecule has 0 radical (unpaired) electrons. The third-order valence-electron chi connectivity index (χ3n) is 4.92. The van der Waals surface area contributed by atoms with Crippen LogP contribution in [-0.4, -0.2) is 30.4 Å². The first-order valence-electron chi connectivity index (χ1n) is 10.2. The van der Waals surface area contributed by atoms with Crippen LogP contribution in [0.25, 0.3) is 21.8 Å². The van der Waals surface area contributed by atoms with Gasteiger partial charge in [0, 0.05) is 10.8 Å². The van der Waals surface area contributed by atoms with Crippen molar-refractivity contribution >= 4 is 27.8 Å². The van der Waals surface area contributed by atoms with Gasteiger partial charge < -0.3 is 18.8 Å². The summed E-state index contributed by atoms with van der Waals surface area (Å²) in [6.07, 6.45) is 0. The average Bonchev–Trinajstić information content (AvgIpc) is 2.81. The summed E-state index contributed by atoms with van der Waals surface area (Å²) >= 11 is 0. The van der Waals surface area contributed by atoms with E-state index in [2.05, 4.69) is 0 Å². The van der Waals surface area contributed by atoms with Gasteiger partial charge >= 0.3 is 5.97 Å². The second-order valence-electron chi connectivity index (χ2n) is 6.92. The first kappa shape index (κ1) is 20.5. The highest BCUT2D eigenvalue weighted by molar-refractivity contribution is 5.94. The molecule has 1 heterocycles. The van der Waals surface area contributed by atoms with E-state index in [9.17, 15) is 9.59 Å².